The fourth-order valence-corrected chi connectivity index (χ4v) is 3.09. The number of benzene rings is 1. The van der Waals surface area contributed by atoms with E-state index in [2.05, 4.69) is 5.32 Å². The van der Waals surface area contributed by atoms with Crippen LogP contribution < -0.4 is 5.32 Å². The average molecular weight is 359 g/mol. The Kier molecular flexibility index (Phi) is 5.72. The third-order valence-electron chi connectivity index (χ3n) is 4.63. The molecule has 0 radical (unpaired) electrons. The van der Waals surface area contributed by atoms with Gasteiger partial charge in [-0.15, -0.1) is 0 Å². The van der Waals surface area contributed by atoms with Gasteiger partial charge in [0.25, 0.3) is 0 Å². The summed E-state index contributed by atoms with van der Waals surface area (Å²) in [5.41, 5.74) is -3.57. The van der Waals surface area contributed by atoms with Crippen LogP contribution in [0.25, 0.3) is 0 Å². The van der Waals surface area contributed by atoms with Crippen LogP contribution in [-0.4, -0.2) is 34.8 Å². The molecule has 0 aliphatic heterocycles. The summed E-state index contributed by atoms with van der Waals surface area (Å²) in [6.07, 6.45) is -3.48. The number of rotatable bonds is 5. The van der Waals surface area contributed by atoms with E-state index in [9.17, 15) is 27.9 Å². The number of hydrogen-bond donors (Lipinski definition) is 3. The normalized spacial score (nSPS) is 23.5. The molecule has 1 saturated carbocycles. The monoisotopic (exact) mass is 359 g/mol. The van der Waals surface area contributed by atoms with E-state index in [-0.39, 0.29) is 12.0 Å². The number of aliphatic hydroxyl groups is 1. The van der Waals surface area contributed by atoms with Crippen molar-refractivity contribution in [1.29, 1.82) is 0 Å². The highest BCUT2D eigenvalue weighted by atomic mass is 19.4. The second-order valence-corrected chi connectivity index (χ2v) is 6.34. The highest BCUT2D eigenvalue weighted by molar-refractivity contribution is 5.80. The van der Waals surface area contributed by atoms with Crippen molar-refractivity contribution in [2.75, 3.05) is 6.54 Å². The molecule has 1 fully saturated rings. The first-order valence-electron chi connectivity index (χ1n) is 8.00. The van der Waals surface area contributed by atoms with E-state index in [0.29, 0.717) is 19.3 Å². The molecule has 138 valence electrons. The van der Waals surface area contributed by atoms with Gasteiger partial charge in [0.2, 0.25) is 11.5 Å². The number of amides is 1. The molecule has 3 unspecified atom stereocenters. The summed E-state index contributed by atoms with van der Waals surface area (Å²) >= 11 is 0. The van der Waals surface area contributed by atoms with Crippen LogP contribution in [0, 0.1) is 11.8 Å². The summed E-state index contributed by atoms with van der Waals surface area (Å²) < 4.78 is 40.1. The largest absolute Gasteiger partial charge is 0.481 e. The molecule has 1 aromatic rings. The maximum absolute atomic E-state index is 13.4. The summed E-state index contributed by atoms with van der Waals surface area (Å²) in [6.45, 7) is -1.02. The minimum absolute atomic E-state index is 0.0942. The van der Waals surface area contributed by atoms with Crippen molar-refractivity contribution in [3.8, 4) is 0 Å². The van der Waals surface area contributed by atoms with Crippen LogP contribution in [0.2, 0.25) is 0 Å². The molecular weight excluding hydrogens is 339 g/mol. The first kappa shape index (κ1) is 19.2. The lowest BCUT2D eigenvalue weighted by molar-refractivity contribution is -0.264. The smallest absolute Gasteiger partial charge is 0.423 e. The van der Waals surface area contributed by atoms with E-state index in [0.717, 1.165) is 12.1 Å². The fraction of sp³-hybridized carbons (Fsp3) is 0.529. The lowest BCUT2D eigenvalue weighted by Crippen LogP contribution is -2.52. The van der Waals surface area contributed by atoms with E-state index in [1.807, 2.05) is 0 Å². The van der Waals surface area contributed by atoms with Crippen LogP contribution in [0.15, 0.2) is 30.3 Å². The van der Waals surface area contributed by atoms with Crippen molar-refractivity contribution >= 4 is 11.9 Å². The summed E-state index contributed by atoms with van der Waals surface area (Å²) in [5.74, 6) is -3.00. The average Bonchev–Trinajstić information content (AvgIpc) is 2.59. The Morgan fingerprint density at radius 3 is 2.28 bits per heavy atom. The number of carboxylic acid groups (broad SMARTS) is 1. The number of halogens is 3. The Morgan fingerprint density at radius 1 is 1.12 bits per heavy atom. The Balaban J connectivity index is 2.08. The fourth-order valence-electron chi connectivity index (χ4n) is 3.09. The number of carbonyl (C=O) groups is 2. The Bertz CT molecular complexity index is 620. The van der Waals surface area contributed by atoms with Gasteiger partial charge in [-0.05, 0) is 24.8 Å². The van der Waals surface area contributed by atoms with Gasteiger partial charge in [0.05, 0.1) is 12.5 Å². The van der Waals surface area contributed by atoms with Gasteiger partial charge in [0, 0.05) is 5.92 Å². The zero-order valence-corrected chi connectivity index (χ0v) is 13.4. The van der Waals surface area contributed by atoms with Crippen LogP contribution >= 0.6 is 0 Å². The molecule has 0 aromatic heterocycles. The van der Waals surface area contributed by atoms with E-state index in [1.54, 1.807) is 0 Å². The lowest BCUT2D eigenvalue weighted by atomic mass is 9.81. The zero-order chi connectivity index (χ0) is 18.7. The molecule has 1 aliphatic rings. The Hall–Kier alpha value is -2.09. The van der Waals surface area contributed by atoms with E-state index >= 15 is 0 Å². The molecule has 1 amide bonds. The molecule has 0 heterocycles. The summed E-state index contributed by atoms with van der Waals surface area (Å²) in [6, 6.07) is 6.54. The number of hydrogen-bond acceptors (Lipinski definition) is 3. The van der Waals surface area contributed by atoms with Gasteiger partial charge in [-0.1, -0.05) is 36.8 Å². The first-order valence-corrected chi connectivity index (χ1v) is 8.00. The number of aliphatic carboxylic acids is 1. The van der Waals surface area contributed by atoms with E-state index < -0.39 is 42.0 Å². The third kappa shape index (κ3) is 4.31. The highest BCUT2D eigenvalue weighted by Crippen LogP contribution is 2.38. The summed E-state index contributed by atoms with van der Waals surface area (Å²) in [5, 5.41) is 21.4. The van der Waals surface area contributed by atoms with Crippen LogP contribution in [0.3, 0.4) is 0 Å². The third-order valence-corrected chi connectivity index (χ3v) is 4.63. The van der Waals surface area contributed by atoms with Gasteiger partial charge < -0.3 is 15.5 Å². The van der Waals surface area contributed by atoms with Crippen molar-refractivity contribution in [2.24, 2.45) is 11.8 Å². The van der Waals surface area contributed by atoms with E-state index in [4.69, 9.17) is 5.11 Å². The van der Waals surface area contributed by atoms with Crippen molar-refractivity contribution in [2.45, 2.75) is 37.5 Å². The minimum atomic E-state index is -4.97. The van der Waals surface area contributed by atoms with Crippen molar-refractivity contribution in [3.05, 3.63) is 35.9 Å². The first-order chi connectivity index (χ1) is 11.6. The SMILES string of the molecule is O=C(O)C1CCCC(C(=O)NCC(O)(c2ccccc2)C(F)(F)F)C1. The van der Waals surface area contributed by atoms with Crippen molar-refractivity contribution in [3.63, 3.8) is 0 Å². The zero-order valence-electron chi connectivity index (χ0n) is 13.4. The van der Waals surface area contributed by atoms with Crippen LogP contribution in [-0.2, 0) is 15.2 Å². The molecular formula is C17H20F3NO4. The number of carboxylic acids is 1. The molecule has 1 aromatic carbocycles. The molecule has 25 heavy (non-hydrogen) atoms. The molecule has 0 spiro atoms. The van der Waals surface area contributed by atoms with Gasteiger partial charge in [0.1, 0.15) is 0 Å². The van der Waals surface area contributed by atoms with E-state index in [1.165, 1.54) is 18.2 Å². The van der Waals surface area contributed by atoms with Crippen molar-refractivity contribution in [1.82, 2.24) is 5.32 Å². The molecule has 2 rings (SSSR count). The molecule has 5 nitrogen and oxygen atoms in total. The van der Waals surface area contributed by atoms with Gasteiger partial charge in [-0.3, -0.25) is 9.59 Å². The van der Waals surface area contributed by atoms with Gasteiger partial charge in [-0.25, -0.2) is 0 Å². The second kappa shape index (κ2) is 7.43. The minimum Gasteiger partial charge on any atom is -0.481 e. The van der Waals surface area contributed by atoms with Crippen LogP contribution in [0.4, 0.5) is 13.2 Å². The van der Waals surface area contributed by atoms with Crippen molar-refractivity contribution < 1.29 is 33.0 Å². The molecule has 0 saturated heterocycles. The predicted octanol–water partition coefficient (Wildman–Crippen LogP) is 2.44. The van der Waals surface area contributed by atoms with Gasteiger partial charge in [-0.2, -0.15) is 13.2 Å². The number of nitrogens with one attached hydrogen (secondary N) is 1. The number of alkyl halides is 3. The summed E-state index contributed by atoms with van der Waals surface area (Å²) in [7, 11) is 0. The lowest BCUT2D eigenvalue weighted by Gasteiger charge is -2.32. The highest BCUT2D eigenvalue weighted by Gasteiger charge is 2.55. The maximum atomic E-state index is 13.4. The Labute approximate surface area is 142 Å². The van der Waals surface area contributed by atoms with Crippen LogP contribution in [0.5, 0.6) is 0 Å². The predicted molar refractivity (Wildman–Crippen MR) is 82.5 cm³/mol. The maximum Gasteiger partial charge on any atom is 0.423 e. The number of carbonyl (C=O) groups excluding carboxylic acids is 1. The summed E-state index contributed by atoms with van der Waals surface area (Å²) in [4.78, 5) is 23.2. The molecule has 3 N–H and O–H groups in total. The second-order valence-electron chi connectivity index (χ2n) is 6.34. The quantitative estimate of drug-likeness (QED) is 0.754. The Morgan fingerprint density at radius 2 is 1.72 bits per heavy atom. The molecule has 1 aliphatic carbocycles. The van der Waals surface area contributed by atoms with Gasteiger partial charge >= 0.3 is 12.1 Å². The molecule has 3 atom stereocenters. The molecule has 8 heteroatoms. The van der Waals surface area contributed by atoms with Gasteiger partial charge in [0.15, 0.2) is 0 Å². The van der Waals surface area contributed by atoms with Crippen LogP contribution in [0.1, 0.15) is 31.2 Å². The standard InChI is InChI=1S/C17H20F3NO4/c18-17(19,20)16(25,13-7-2-1-3-8-13)10-21-14(22)11-5-4-6-12(9-11)15(23)24/h1-3,7-8,11-12,25H,4-6,9-10H2,(H,21,22)(H,23,24). The molecule has 0 bridgehead atoms. The topological polar surface area (TPSA) is 86.6 Å².